The van der Waals surface area contributed by atoms with Crippen molar-refractivity contribution in [2.45, 2.75) is 33.6 Å². The number of cyclic esters (lactones) is 1. The molecule has 7 heteroatoms. The zero-order valence-corrected chi connectivity index (χ0v) is 19.0. The highest BCUT2D eigenvalue weighted by Gasteiger charge is 2.26. The molecular formula is C25H23N3O3S. The molecular weight excluding hydrogens is 422 g/mol. The summed E-state index contributed by atoms with van der Waals surface area (Å²) in [4.78, 5) is 35.6. The lowest BCUT2D eigenvalue weighted by molar-refractivity contribution is -0.130. The molecule has 1 aromatic heterocycles. The van der Waals surface area contributed by atoms with Crippen molar-refractivity contribution in [3.63, 3.8) is 0 Å². The Bertz CT molecular complexity index is 1210. The molecule has 1 aliphatic rings. The Labute approximate surface area is 190 Å². The number of hydrogen-bond acceptors (Lipinski definition) is 6. The van der Waals surface area contributed by atoms with Crippen molar-refractivity contribution in [1.82, 2.24) is 4.98 Å². The molecule has 32 heavy (non-hydrogen) atoms. The molecule has 4 rings (SSSR count). The number of ether oxygens (including phenoxy) is 1. The molecule has 0 bridgehead atoms. The number of carbonyl (C=O) groups excluding carboxylic acids is 2. The van der Waals surface area contributed by atoms with Crippen LogP contribution in [0.25, 0.3) is 6.08 Å². The van der Waals surface area contributed by atoms with Gasteiger partial charge >= 0.3 is 5.97 Å². The lowest BCUT2D eigenvalue weighted by Gasteiger charge is -2.24. The molecule has 0 fully saturated rings. The van der Waals surface area contributed by atoms with Crippen LogP contribution < -0.4 is 4.90 Å². The van der Waals surface area contributed by atoms with Gasteiger partial charge in [-0.1, -0.05) is 50.2 Å². The molecule has 0 spiro atoms. The summed E-state index contributed by atoms with van der Waals surface area (Å²) in [6.07, 6.45) is 3.19. The molecule has 0 saturated heterocycles. The van der Waals surface area contributed by atoms with Crippen LogP contribution in [0.4, 0.5) is 10.8 Å². The number of nitrogens with zero attached hydrogens (tertiary/aromatic N) is 3. The number of benzene rings is 2. The van der Waals surface area contributed by atoms with Crippen LogP contribution in [0.15, 0.2) is 64.6 Å². The van der Waals surface area contributed by atoms with Crippen molar-refractivity contribution in [2.24, 2.45) is 4.99 Å². The molecule has 0 unspecified atom stereocenters. The van der Waals surface area contributed by atoms with Gasteiger partial charge in [-0.3, -0.25) is 9.69 Å². The molecule has 3 aromatic rings. The van der Waals surface area contributed by atoms with Crippen molar-refractivity contribution < 1.29 is 14.3 Å². The van der Waals surface area contributed by atoms with Crippen molar-refractivity contribution in [1.29, 1.82) is 0 Å². The van der Waals surface area contributed by atoms with Crippen LogP contribution in [0.1, 0.15) is 43.2 Å². The van der Waals surface area contributed by atoms with Crippen molar-refractivity contribution in [3.8, 4) is 0 Å². The fourth-order valence-corrected chi connectivity index (χ4v) is 4.42. The maximum atomic E-state index is 12.7. The minimum absolute atomic E-state index is 0.112. The monoisotopic (exact) mass is 445 g/mol. The zero-order valence-electron chi connectivity index (χ0n) is 18.2. The topological polar surface area (TPSA) is 71.9 Å². The number of carbonyl (C=O) groups is 2. The molecule has 6 nitrogen and oxygen atoms in total. The predicted molar refractivity (Wildman–Crippen MR) is 127 cm³/mol. The highest BCUT2D eigenvalue weighted by molar-refractivity contribution is 7.14. The van der Waals surface area contributed by atoms with Crippen molar-refractivity contribution >= 4 is 46.0 Å². The van der Waals surface area contributed by atoms with E-state index < -0.39 is 5.97 Å². The number of rotatable bonds is 6. The minimum Gasteiger partial charge on any atom is -0.402 e. The van der Waals surface area contributed by atoms with E-state index in [0.717, 1.165) is 35.2 Å². The normalized spacial score (nSPS) is 14.4. The quantitative estimate of drug-likeness (QED) is 0.381. The van der Waals surface area contributed by atoms with Gasteiger partial charge in [-0.25, -0.2) is 14.8 Å². The van der Waals surface area contributed by atoms with Gasteiger partial charge in [-0.15, -0.1) is 11.3 Å². The van der Waals surface area contributed by atoms with Gasteiger partial charge in [0.05, 0.1) is 11.4 Å². The molecule has 1 aliphatic heterocycles. The number of esters is 1. The maximum Gasteiger partial charge on any atom is 0.363 e. The first-order chi connectivity index (χ1) is 15.5. The Morgan fingerprint density at radius 1 is 1.06 bits per heavy atom. The van der Waals surface area contributed by atoms with Gasteiger partial charge < -0.3 is 4.74 Å². The van der Waals surface area contributed by atoms with Crippen LogP contribution in [0.2, 0.25) is 0 Å². The number of aromatic nitrogens is 1. The standard InChI is InChI=1S/C25H23N3O3S/c1-4-17-12-9-13-18(5-2)22(17)28(16(3)29)25-26-20(15-32-25)14-21-24(30)31-23(27-21)19-10-7-6-8-11-19/h6-15H,4-5H2,1-3H3/b21-14+. The number of hydrogen-bond donors (Lipinski definition) is 0. The average Bonchev–Trinajstić information content (AvgIpc) is 3.41. The lowest BCUT2D eigenvalue weighted by atomic mass is 10.0. The van der Waals surface area contributed by atoms with Crippen LogP contribution in [-0.2, 0) is 27.2 Å². The lowest BCUT2D eigenvalue weighted by Crippen LogP contribution is -2.25. The third kappa shape index (κ3) is 4.24. The van der Waals surface area contributed by atoms with E-state index in [1.807, 2.05) is 53.9 Å². The van der Waals surface area contributed by atoms with Gasteiger partial charge in [-0.2, -0.15) is 0 Å². The van der Waals surface area contributed by atoms with E-state index in [1.54, 1.807) is 11.0 Å². The van der Waals surface area contributed by atoms with Crippen molar-refractivity contribution in [2.75, 3.05) is 4.90 Å². The van der Waals surface area contributed by atoms with Gasteiger partial charge in [0.25, 0.3) is 0 Å². The fourth-order valence-electron chi connectivity index (χ4n) is 3.59. The van der Waals surface area contributed by atoms with Crippen LogP contribution in [0, 0.1) is 0 Å². The Kier molecular flexibility index (Phi) is 6.28. The third-order valence-electron chi connectivity index (χ3n) is 5.13. The van der Waals surface area contributed by atoms with E-state index in [0.29, 0.717) is 10.8 Å². The van der Waals surface area contributed by atoms with E-state index in [9.17, 15) is 9.59 Å². The van der Waals surface area contributed by atoms with E-state index in [2.05, 4.69) is 23.8 Å². The molecule has 0 radical (unpaired) electrons. The molecule has 1 amide bonds. The van der Waals surface area contributed by atoms with Crippen LogP contribution in [-0.4, -0.2) is 22.8 Å². The SMILES string of the molecule is CCc1cccc(CC)c1N(C(C)=O)c1nc(/C=C2/N=C(c3ccccc3)OC2=O)cs1. The van der Waals surface area contributed by atoms with Gasteiger partial charge in [0.1, 0.15) is 0 Å². The van der Waals surface area contributed by atoms with E-state index in [1.165, 1.54) is 18.3 Å². The Morgan fingerprint density at radius 3 is 2.38 bits per heavy atom. The largest absolute Gasteiger partial charge is 0.402 e. The summed E-state index contributed by atoms with van der Waals surface area (Å²) < 4.78 is 5.31. The molecule has 2 heterocycles. The summed E-state index contributed by atoms with van der Waals surface area (Å²) in [5.41, 5.74) is 4.53. The zero-order chi connectivity index (χ0) is 22.7. The summed E-state index contributed by atoms with van der Waals surface area (Å²) in [5.74, 6) is -0.364. The van der Waals surface area contributed by atoms with Crippen LogP contribution in [0.5, 0.6) is 0 Å². The second kappa shape index (κ2) is 9.28. The second-order valence-corrected chi connectivity index (χ2v) is 8.08. The number of amides is 1. The average molecular weight is 446 g/mol. The van der Waals surface area contributed by atoms with Gasteiger partial charge in [0, 0.05) is 17.9 Å². The first-order valence-electron chi connectivity index (χ1n) is 10.5. The molecule has 0 saturated carbocycles. The van der Waals surface area contributed by atoms with E-state index in [-0.39, 0.29) is 17.5 Å². The third-order valence-corrected chi connectivity index (χ3v) is 5.97. The molecule has 2 aromatic carbocycles. The molecule has 162 valence electrons. The van der Waals surface area contributed by atoms with Crippen LogP contribution >= 0.6 is 11.3 Å². The summed E-state index contributed by atoms with van der Waals surface area (Å²) in [6, 6.07) is 15.4. The van der Waals surface area contributed by atoms with Gasteiger partial charge in [-0.05, 0) is 42.2 Å². The van der Waals surface area contributed by atoms with Gasteiger partial charge in [0.15, 0.2) is 10.8 Å². The second-order valence-electron chi connectivity index (χ2n) is 7.24. The highest BCUT2D eigenvalue weighted by atomic mass is 32.1. The first-order valence-corrected chi connectivity index (χ1v) is 11.3. The Morgan fingerprint density at radius 2 is 1.75 bits per heavy atom. The number of thiazole rings is 1. The Balaban J connectivity index is 1.70. The van der Waals surface area contributed by atoms with Crippen LogP contribution in [0.3, 0.4) is 0 Å². The first kappa shape index (κ1) is 21.6. The summed E-state index contributed by atoms with van der Waals surface area (Å²) in [7, 11) is 0. The highest BCUT2D eigenvalue weighted by Crippen LogP contribution is 2.35. The molecule has 0 aliphatic carbocycles. The maximum absolute atomic E-state index is 12.7. The number of aryl methyl sites for hydroxylation is 2. The predicted octanol–water partition coefficient (Wildman–Crippen LogP) is 5.30. The number of para-hydroxylation sites is 1. The number of aliphatic imine (C=N–C) groups is 1. The molecule has 0 atom stereocenters. The van der Waals surface area contributed by atoms with Gasteiger partial charge in [0.2, 0.25) is 11.8 Å². The summed E-state index contributed by atoms with van der Waals surface area (Å²) >= 11 is 1.35. The van der Waals surface area contributed by atoms with E-state index >= 15 is 0 Å². The minimum atomic E-state index is -0.522. The fraction of sp³-hybridized carbons (Fsp3) is 0.200. The molecule has 0 N–H and O–H groups in total. The number of anilines is 2. The van der Waals surface area contributed by atoms with E-state index in [4.69, 9.17) is 4.74 Å². The smallest absolute Gasteiger partial charge is 0.363 e. The Hall–Kier alpha value is -3.58. The summed E-state index contributed by atoms with van der Waals surface area (Å²) in [5, 5.41) is 2.36. The van der Waals surface area contributed by atoms with Crippen molar-refractivity contribution in [3.05, 3.63) is 82.0 Å². The summed E-state index contributed by atoms with van der Waals surface area (Å²) in [6.45, 7) is 5.68.